The maximum Gasteiger partial charge on any atom is 0.225 e. The van der Waals surface area contributed by atoms with E-state index in [2.05, 4.69) is 10.6 Å². The number of carbonyl (C=O) groups is 1. The average molecular weight is 335 g/mol. The van der Waals surface area contributed by atoms with E-state index in [0.717, 1.165) is 24.1 Å². The Hall–Kier alpha value is -1.91. The highest BCUT2D eigenvalue weighted by Gasteiger charge is 2.25. The third kappa shape index (κ3) is 4.30. The molecule has 1 heterocycles. The van der Waals surface area contributed by atoms with E-state index in [-0.39, 0.29) is 36.1 Å². The first-order valence-corrected chi connectivity index (χ1v) is 7.55. The van der Waals surface area contributed by atoms with Crippen molar-refractivity contribution in [2.75, 3.05) is 13.1 Å². The van der Waals surface area contributed by atoms with Crippen molar-refractivity contribution >= 4 is 18.3 Å². The van der Waals surface area contributed by atoms with E-state index in [0.29, 0.717) is 6.54 Å². The minimum atomic E-state index is -0.329. The molecule has 5 heteroatoms. The molecule has 1 amide bonds. The van der Waals surface area contributed by atoms with E-state index < -0.39 is 0 Å². The zero-order chi connectivity index (χ0) is 15.4. The number of amides is 1. The molecule has 0 spiro atoms. The first-order chi connectivity index (χ1) is 10.7. The molecule has 0 aliphatic carbocycles. The standard InChI is InChI=1S/C18H19FN2O.ClH/c19-16-8-4-7-14(11-16)17(13-5-2-1-3-6-13)21-18(22)15-9-10-20-12-15;/h1-8,11,15,17,20H,9-10,12H2,(H,21,22);1H. The summed E-state index contributed by atoms with van der Waals surface area (Å²) in [5.41, 5.74) is 1.71. The van der Waals surface area contributed by atoms with Gasteiger partial charge in [0.1, 0.15) is 5.82 Å². The quantitative estimate of drug-likeness (QED) is 0.902. The summed E-state index contributed by atoms with van der Waals surface area (Å²) in [6, 6.07) is 15.7. The van der Waals surface area contributed by atoms with E-state index in [1.807, 2.05) is 36.4 Å². The van der Waals surface area contributed by atoms with Crippen molar-refractivity contribution in [3.63, 3.8) is 0 Å². The SMILES string of the molecule is Cl.O=C(NC(c1ccccc1)c1cccc(F)c1)C1CCNC1. The molecule has 1 saturated heterocycles. The van der Waals surface area contributed by atoms with Crippen molar-refractivity contribution in [3.05, 3.63) is 71.5 Å². The summed E-state index contributed by atoms with van der Waals surface area (Å²) < 4.78 is 13.6. The van der Waals surface area contributed by atoms with Gasteiger partial charge in [-0.15, -0.1) is 12.4 Å². The van der Waals surface area contributed by atoms with Crippen LogP contribution in [0.15, 0.2) is 54.6 Å². The first kappa shape index (κ1) is 17.4. The molecule has 0 bridgehead atoms. The fourth-order valence-electron chi connectivity index (χ4n) is 2.83. The Morgan fingerprint density at radius 1 is 1.13 bits per heavy atom. The van der Waals surface area contributed by atoms with Gasteiger partial charge in [0.2, 0.25) is 5.91 Å². The number of hydrogen-bond donors (Lipinski definition) is 2. The second-order valence-electron chi connectivity index (χ2n) is 5.60. The van der Waals surface area contributed by atoms with Crippen molar-refractivity contribution < 1.29 is 9.18 Å². The van der Waals surface area contributed by atoms with Crippen molar-refractivity contribution in [1.29, 1.82) is 0 Å². The number of carbonyl (C=O) groups excluding carboxylic acids is 1. The van der Waals surface area contributed by atoms with Gasteiger partial charge in [-0.2, -0.15) is 0 Å². The van der Waals surface area contributed by atoms with Crippen LogP contribution in [0.4, 0.5) is 4.39 Å². The van der Waals surface area contributed by atoms with Crippen LogP contribution in [0.3, 0.4) is 0 Å². The summed E-state index contributed by atoms with van der Waals surface area (Å²) in [4.78, 5) is 12.4. The highest BCUT2D eigenvalue weighted by Crippen LogP contribution is 2.23. The third-order valence-corrected chi connectivity index (χ3v) is 4.03. The van der Waals surface area contributed by atoms with Gasteiger partial charge in [0, 0.05) is 6.54 Å². The van der Waals surface area contributed by atoms with Gasteiger partial charge in [-0.1, -0.05) is 42.5 Å². The number of nitrogens with one attached hydrogen (secondary N) is 2. The van der Waals surface area contributed by atoms with Gasteiger partial charge in [0.05, 0.1) is 12.0 Å². The Morgan fingerprint density at radius 2 is 1.87 bits per heavy atom. The van der Waals surface area contributed by atoms with E-state index >= 15 is 0 Å². The van der Waals surface area contributed by atoms with Crippen molar-refractivity contribution in [3.8, 4) is 0 Å². The largest absolute Gasteiger partial charge is 0.345 e. The van der Waals surface area contributed by atoms with Crippen molar-refractivity contribution in [2.45, 2.75) is 12.5 Å². The maximum absolute atomic E-state index is 13.6. The molecular weight excluding hydrogens is 315 g/mol. The fourth-order valence-corrected chi connectivity index (χ4v) is 2.83. The summed E-state index contributed by atoms with van der Waals surface area (Å²) in [6.45, 7) is 1.57. The van der Waals surface area contributed by atoms with Gasteiger partial charge in [-0.3, -0.25) is 4.79 Å². The minimum absolute atomic E-state index is 0. The molecule has 2 aromatic rings. The van der Waals surface area contributed by atoms with E-state index in [1.165, 1.54) is 12.1 Å². The van der Waals surface area contributed by atoms with Gasteiger partial charge in [-0.25, -0.2) is 4.39 Å². The molecule has 3 rings (SSSR count). The van der Waals surface area contributed by atoms with Crippen LogP contribution in [0.2, 0.25) is 0 Å². The lowest BCUT2D eigenvalue weighted by molar-refractivity contribution is -0.124. The smallest absolute Gasteiger partial charge is 0.225 e. The molecular formula is C18H20ClFN2O. The molecule has 3 nitrogen and oxygen atoms in total. The molecule has 2 atom stereocenters. The molecule has 1 aliphatic heterocycles. The number of halogens is 2. The topological polar surface area (TPSA) is 41.1 Å². The van der Waals surface area contributed by atoms with Crippen molar-refractivity contribution in [2.24, 2.45) is 5.92 Å². The van der Waals surface area contributed by atoms with E-state index in [4.69, 9.17) is 0 Å². The van der Waals surface area contributed by atoms with Gasteiger partial charge < -0.3 is 10.6 Å². The second kappa shape index (κ2) is 8.09. The predicted molar refractivity (Wildman–Crippen MR) is 91.1 cm³/mol. The second-order valence-corrected chi connectivity index (χ2v) is 5.60. The Balaban J connectivity index is 0.00000192. The molecule has 2 aromatic carbocycles. The Labute approximate surface area is 141 Å². The molecule has 1 fully saturated rings. The monoisotopic (exact) mass is 334 g/mol. The third-order valence-electron chi connectivity index (χ3n) is 4.03. The molecule has 0 saturated carbocycles. The molecule has 2 unspecified atom stereocenters. The van der Waals surface area contributed by atoms with Crippen LogP contribution in [0.25, 0.3) is 0 Å². The van der Waals surface area contributed by atoms with Crippen LogP contribution in [0.1, 0.15) is 23.6 Å². The summed E-state index contributed by atoms with van der Waals surface area (Å²) in [7, 11) is 0. The number of rotatable bonds is 4. The number of hydrogen-bond acceptors (Lipinski definition) is 2. The van der Waals surface area contributed by atoms with Gasteiger partial charge in [-0.05, 0) is 36.2 Å². The number of benzene rings is 2. The lowest BCUT2D eigenvalue weighted by Crippen LogP contribution is -2.35. The van der Waals surface area contributed by atoms with Crippen molar-refractivity contribution in [1.82, 2.24) is 10.6 Å². The Kier molecular flexibility index (Phi) is 6.13. The van der Waals surface area contributed by atoms with Crippen LogP contribution in [0.5, 0.6) is 0 Å². The lowest BCUT2D eigenvalue weighted by Gasteiger charge is -2.21. The van der Waals surface area contributed by atoms with E-state index in [9.17, 15) is 9.18 Å². The van der Waals surface area contributed by atoms with E-state index in [1.54, 1.807) is 6.07 Å². The van der Waals surface area contributed by atoms with Crippen LogP contribution >= 0.6 is 12.4 Å². The van der Waals surface area contributed by atoms with Gasteiger partial charge >= 0.3 is 0 Å². The average Bonchev–Trinajstić information content (AvgIpc) is 3.08. The molecule has 2 N–H and O–H groups in total. The highest BCUT2D eigenvalue weighted by atomic mass is 35.5. The zero-order valence-corrected chi connectivity index (χ0v) is 13.5. The molecule has 1 aliphatic rings. The highest BCUT2D eigenvalue weighted by molar-refractivity contribution is 5.85. The minimum Gasteiger partial charge on any atom is -0.345 e. The molecule has 0 radical (unpaired) electrons. The maximum atomic E-state index is 13.6. The van der Waals surface area contributed by atoms with Gasteiger partial charge in [0.25, 0.3) is 0 Å². The van der Waals surface area contributed by atoms with Crippen LogP contribution in [0, 0.1) is 11.7 Å². The fraction of sp³-hybridized carbons (Fsp3) is 0.278. The van der Waals surface area contributed by atoms with Crippen LogP contribution < -0.4 is 10.6 Å². The first-order valence-electron chi connectivity index (χ1n) is 7.55. The van der Waals surface area contributed by atoms with Crippen LogP contribution in [-0.2, 0) is 4.79 Å². The summed E-state index contributed by atoms with van der Waals surface area (Å²) in [5.74, 6) is -0.293. The summed E-state index contributed by atoms with van der Waals surface area (Å²) >= 11 is 0. The van der Waals surface area contributed by atoms with Crippen LogP contribution in [-0.4, -0.2) is 19.0 Å². The Bertz CT molecular complexity index is 644. The lowest BCUT2D eigenvalue weighted by atomic mass is 9.97. The predicted octanol–water partition coefficient (Wildman–Crippen LogP) is 3.06. The normalized spacial score (nSPS) is 18.0. The molecule has 0 aromatic heterocycles. The molecule has 23 heavy (non-hydrogen) atoms. The Morgan fingerprint density at radius 3 is 2.52 bits per heavy atom. The molecule has 122 valence electrons. The summed E-state index contributed by atoms with van der Waals surface area (Å²) in [6.07, 6.45) is 0.844. The summed E-state index contributed by atoms with van der Waals surface area (Å²) in [5, 5.41) is 6.27. The van der Waals surface area contributed by atoms with Gasteiger partial charge in [0.15, 0.2) is 0 Å². The zero-order valence-electron chi connectivity index (χ0n) is 12.7.